The second-order valence-electron chi connectivity index (χ2n) is 6.47. The summed E-state index contributed by atoms with van der Waals surface area (Å²) in [6.07, 6.45) is 2.19. The fourth-order valence-electron chi connectivity index (χ4n) is 3.10. The molecule has 0 aromatic heterocycles. The Morgan fingerprint density at radius 2 is 2.00 bits per heavy atom. The number of rotatable bonds is 5. The quantitative estimate of drug-likeness (QED) is 0.590. The van der Waals surface area contributed by atoms with E-state index in [0.717, 1.165) is 6.42 Å². The summed E-state index contributed by atoms with van der Waals surface area (Å²) >= 11 is 0. The van der Waals surface area contributed by atoms with Crippen molar-refractivity contribution in [2.75, 3.05) is 6.54 Å². The van der Waals surface area contributed by atoms with Gasteiger partial charge in [0.1, 0.15) is 11.6 Å². The van der Waals surface area contributed by atoms with Gasteiger partial charge in [0, 0.05) is 6.54 Å². The summed E-state index contributed by atoms with van der Waals surface area (Å²) in [6, 6.07) is -1.21. The molecule has 3 N–H and O–H groups in total. The van der Waals surface area contributed by atoms with Gasteiger partial charge < -0.3 is 20.6 Å². The lowest BCUT2D eigenvalue weighted by molar-refractivity contribution is -0.153. The lowest BCUT2D eigenvalue weighted by Crippen LogP contribution is -2.62. The molecule has 1 aliphatic heterocycles. The smallest absolute Gasteiger partial charge is 0.329 e. The number of hydrogen-bond acceptors (Lipinski definition) is 4. The van der Waals surface area contributed by atoms with E-state index in [1.807, 2.05) is 6.92 Å². The summed E-state index contributed by atoms with van der Waals surface area (Å²) in [5, 5.41) is 14.3. The van der Waals surface area contributed by atoms with Gasteiger partial charge in [-0.05, 0) is 38.5 Å². The van der Waals surface area contributed by atoms with Gasteiger partial charge in [-0.25, -0.2) is 4.79 Å². The molecule has 2 amide bonds. The first-order valence-corrected chi connectivity index (χ1v) is 7.63. The first kappa shape index (κ1) is 16.8. The normalized spacial score (nSPS) is 27.8. The molecule has 7 nitrogen and oxygen atoms in total. The SMILES string of the molecule is [B]NC(C)C(=O)N1CC(C)CC1C(=O)NC1(C(=O)O)CCC1. The first-order valence-electron chi connectivity index (χ1n) is 7.63. The Kier molecular flexibility index (Phi) is 4.79. The maximum Gasteiger partial charge on any atom is 0.329 e. The minimum atomic E-state index is -1.16. The van der Waals surface area contributed by atoms with Gasteiger partial charge in [-0.3, -0.25) is 9.59 Å². The number of nitrogens with one attached hydrogen (secondary N) is 2. The monoisotopic (exact) mass is 307 g/mol. The minimum absolute atomic E-state index is 0.187. The van der Waals surface area contributed by atoms with Crippen molar-refractivity contribution in [3.05, 3.63) is 0 Å². The van der Waals surface area contributed by atoms with Gasteiger partial charge in [-0.2, -0.15) is 0 Å². The molecule has 0 bridgehead atoms. The van der Waals surface area contributed by atoms with E-state index in [-0.39, 0.29) is 17.7 Å². The van der Waals surface area contributed by atoms with E-state index in [4.69, 9.17) is 7.98 Å². The molecule has 3 unspecified atom stereocenters. The van der Waals surface area contributed by atoms with Crippen molar-refractivity contribution in [1.29, 1.82) is 0 Å². The molecule has 8 heteroatoms. The molecule has 2 fully saturated rings. The fraction of sp³-hybridized carbons (Fsp3) is 0.786. The van der Waals surface area contributed by atoms with Crippen LogP contribution in [0.3, 0.4) is 0 Å². The average molecular weight is 307 g/mol. The number of nitrogens with zero attached hydrogens (tertiary/aromatic N) is 1. The van der Waals surface area contributed by atoms with Crippen LogP contribution in [0.4, 0.5) is 0 Å². The molecule has 1 saturated carbocycles. The van der Waals surface area contributed by atoms with Gasteiger partial charge in [-0.15, -0.1) is 0 Å². The average Bonchev–Trinajstić information content (AvgIpc) is 2.82. The van der Waals surface area contributed by atoms with Crippen molar-refractivity contribution in [2.45, 2.75) is 57.2 Å². The van der Waals surface area contributed by atoms with Gasteiger partial charge in [0.25, 0.3) is 0 Å². The number of carboxylic acid groups (broad SMARTS) is 1. The summed E-state index contributed by atoms with van der Waals surface area (Å²) in [4.78, 5) is 37.7. The molecule has 1 heterocycles. The third kappa shape index (κ3) is 2.97. The number of likely N-dealkylation sites (tertiary alicyclic amines) is 1. The molecule has 0 aromatic rings. The topological polar surface area (TPSA) is 98.7 Å². The Balaban J connectivity index is 2.09. The highest BCUT2D eigenvalue weighted by Crippen LogP contribution is 2.33. The van der Waals surface area contributed by atoms with Crippen molar-refractivity contribution in [2.24, 2.45) is 5.92 Å². The second kappa shape index (κ2) is 6.28. The lowest BCUT2D eigenvalue weighted by Gasteiger charge is -2.39. The number of aliphatic carboxylic acids is 1. The minimum Gasteiger partial charge on any atom is -0.480 e. The van der Waals surface area contributed by atoms with E-state index in [1.54, 1.807) is 6.92 Å². The molecule has 2 rings (SSSR count). The van der Waals surface area contributed by atoms with E-state index in [9.17, 15) is 19.5 Å². The van der Waals surface area contributed by atoms with Crippen molar-refractivity contribution in [1.82, 2.24) is 15.4 Å². The van der Waals surface area contributed by atoms with Gasteiger partial charge in [0.15, 0.2) is 7.98 Å². The zero-order valence-corrected chi connectivity index (χ0v) is 13.0. The standard InChI is InChI=1S/C14H22BN3O4/c1-8-6-10(18(7-8)12(20)9(2)17-15)11(19)16-14(13(21)22)4-3-5-14/h8-10,17H,3-7H2,1-2H3,(H,16,19)(H,21,22). The highest BCUT2D eigenvalue weighted by Gasteiger charge is 2.48. The molecule has 120 valence electrons. The van der Waals surface area contributed by atoms with Crippen molar-refractivity contribution in [3.8, 4) is 0 Å². The first-order chi connectivity index (χ1) is 10.3. The van der Waals surface area contributed by atoms with Crippen LogP contribution in [0.25, 0.3) is 0 Å². The lowest BCUT2D eigenvalue weighted by atomic mass is 9.76. The van der Waals surface area contributed by atoms with Crippen molar-refractivity contribution in [3.63, 3.8) is 0 Å². The zero-order chi connectivity index (χ0) is 16.5. The summed E-state index contributed by atoms with van der Waals surface area (Å²) in [5.74, 6) is -1.45. The summed E-state index contributed by atoms with van der Waals surface area (Å²) in [7, 11) is 5.29. The molecule has 2 radical (unpaired) electrons. The molecule has 2 aliphatic rings. The molecular weight excluding hydrogens is 285 g/mol. The predicted molar refractivity (Wildman–Crippen MR) is 80.0 cm³/mol. The predicted octanol–water partition coefficient (Wildman–Crippen LogP) is -0.591. The van der Waals surface area contributed by atoms with E-state index >= 15 is 0 Å². The Hall–Kier alpha value is -1.57. The van der Waals surface area contributed by atoms with Crippen LogP contribution in [0.2, 0.25) is 0 Å². The highest BCUT2D eigenvalue weighted by atomic mass is 16.4. The maximum atomic E-state index is 12.5. The molecule has 1 saturated heterocycles. The molecule has 3 atom stereocenters. The van der Waals surface area contributed by atoms with Crippen LogP contribution >= 0.6 is 0 Å². The van der Waals surface area contributed by atoms with Crippen molar-refractivity contribution >= 4 is 25.8 Å². The number of amides is 2. The van der Waals surface area contributed by atoms with Crippen LogP contribution in [0, 0.1) is 5.92 Å². The summed E-state index contributed by atoms with van der Waals surface area (Å²) in [5.41, 5.74) is -1.16. The van der Waals surface area contributed by atoms with E-state index < -0.39 is 23.6 Å². The molecule has 1 aliphatic carbocycles. The number of hydrogen-bond donors (Lipinski definition) is 3. The van der Waals surface area contributed by atoms with E-state index in [0.29, 0.717) is 25.8 Å². The largest absolute Gasteiger partial charge is 0.480 e. The Labute approximate surface area is 131 Å². The van der Waals surface area contributed by atoms with Crippen LogP contribution in [-0.4, -0.2) is 59.9 Å². The second-order valence-corrected chi connectivity index (χ2v) is 6.47. The van der Waals surface area contributed by atoms with Crippen LogP contribution < -0.4 is 10.5 Å². The summed E-state index contributed by atoms with van der Waals surface area (Å²) < 4.78 is 0. The third-order valence-corrected chi connectivity index (χ3v) is 4.70. The van der Waals surface area contributed by atoms with Crippen LogP contribution in [0.15, 0.2) is 0 Å². The van der Waals surface area contributed by atoms with E-state index in [2.05, 4.69) is 10.5 Å². The highest BCUT2D eigenvalue weighted by molar-refractivity contribution is 6.07. The number of carbonyl (C=O) groups excluding carboxylic acids is 2. The Morgan fingerprint density at radius 3 is 2.45 bits per heavy atom. The Morgan fingerprint density at radius 1 is 1.36 bits per heavy atom. The van der Waals surface area contributed by atoms with Gasteiger partial charge in [0.2, 0.25) is 11.8 Å². The van der Waals surface area contributed by atoms with Gasteiger partial charge >= 0.3 is 5.97 Å². The molecule has 0 aromatic carbocycles. The Bertz CT molecular complexity index is 481. The zero-order valence-electron chi connectivity index (χ0n) is 13.0. The van der Waals surface area contributed by atoms with E-state index in [1.165, 1.54) is 4.90 Å². The van der Waals surface area contributed by atoms with Crippen molar-refractivity contribution < 1.29 is 19.5 Å². The molecular formula is C14H22BN3O4. The number of carboxylic acids is 1. The van der Waals surface area contributed by atoms with Crippen LogP contribution in [0.1, 0.15) is 39.5 Å². The van der Waals surface area contributed by atoms with Gasteiger partial charge in [0.05, 0.1) is 6.04 Å². The molecule has 0 spiro atoms. The van der Waals surface area contributed by atoms with Crippen LogP contribution in [0.5, 0.6) is 0 Å². The summed E-state index contributed by atoms with van der Waals surface area (Å²) in [6.45, 7) is 4.07. The molecule has 22 heavy (non-hydrogen) atoms. The van der Waals surface area contributed by atoms with Gasteiger partial charge in [-0.1, -0.05) is 6.92 Å². The fourth-order valence-corrected chi connectivity index (χ4v) is 3.10. The number of carbonyl (C=O) groups is 3. The van der Waals surface area contributed by atoms with Crippen LogP contribution in [-0.2, 0) is 14.4 Å². The maximum absolute atomic E-state index is 12.5. The third-order valence-electron chi connectivity index (χ3n) is 4.70.